The van der Waals surface area contributed by atoms with E-state index < -0.39 is 29.6 Å². The van der Waals surface area contributed by atoms with Crippen LogP contribution in [-0.4, -0.2) is 46.5 Å². The number of rotatable bonds is 12. The van der Waals surface area contributed by atoms with E-state index in [1.165, 1.54) is 16.2 Å². The fourth-order valence-electron chi connectivity index (χ4n) is 4.90. The molecule has 3 amide bonds. The second-order valence-electron chi connectivity index (χ2n) is 12.1. The lowest BCUT2D eigenvalue weighted by atomic mass is 10.0. The van der Waals surface area contributed by atoms with E-state index in [1.54, 1.807) is 26.8 Å². The van der Waals surface area contributed by atoms with Crippen LogP contribution >= 0.6 is 11.3 Å². The first kappa shape index (κ1) is 32.1. The highest BCUT2D eigenvalue weighted by Gasteiger charge is 2.36. The van der Waals surface area contributed by atoms with E-state index in [2.05, 4.69) is 0 Å². The lowest BCUT2D eigenvalue weighted by Gasteiger charge is -2.34. The third-order valence-corrected chi connectivity index (χ3v) is 7.91. The number of hydrogen-bond donors (Lipinski definition) is 2. The number of benzene rings is 1. The van der Waals surface area contributed by atoms with Crippen molar-refractivity contribution in [2.24, 2.45) is 17.4 Å². The topological polar surface area (TPSA) is 142 Å². The Kier molecular flexibility index (Phi) is 11.0. The Hall–Kier alpha value is -3.40. The van der Waals surface area contributed by atoms with E-state index in [-0.39, 0.29) is 31.0 Å². The summed E-state index contributed by atoms with van der Waals surface area (Å²) >= 11 is 1.34. The zero-order valence-electron chi connectivity index (χ0n) is 24.7. The van der Waals surface area contributed by atoms with Gasteiger partial charge in [0.1, 0.15) is 17.7 Å². The summed E-state index contributed by atoms with van der Waals surface area (Å²) in [6.45, 7) is 9.61. The molecule has 1 aromatic carbocycles. The molecular formula is C31H43N3O6S. The smallest absolute Gasteiger partial charge is 0.411 e. The molecule has 0 aliphatic heterocycles. The lowest BCUT2D eigenvalue weighted by molar-refractivity contribution is -0.156. The van der Waals surface area contributed by atoms with Crippen molar-refractivity contribution in [3.05, 3.63) is 56.8 Å². The maximum Gasteiger partial charge on any atom is 0.411 e. The number of ether oxygens (including phenoxy) is 2. The van der Waals surface area contributed by atoms with Crippen LogP contribution in [0.2, 0.25) is 0 Å². The zero-order chi connectivity index (χ0) is 30.3. The minimum absolute atomic E-state index is 0.0386. The molecule has 0 saturated heterocycles. The first-order valence-corrected chi connectivity index (χ1v) is 15.0. The van der Waals surface area contributed by atoms with Gasteiger partial charge in [-0.05, 0) is 76.0 Å². The Morgan fingerprint density at radius 3 is 2.17 bits per heavy atom. The number of primary amides is 2. The second kappa shape index (κ2) is 14.0. The molecule has 0 radical (unpaired) electrons. The predicted octanol–water partition coefficient (Wildman–Crippen LogP) is 5.10. The molecule has 1 aliphatic rings. The van der Waals surface area contributed by atoms with Gasteiger partial charge in [0.2, 0.25) is 11.8 Å². The van der Waals surface area contributed by atoms with E-state index in [0.717, 1.165) is 41.7 Å². The minimum atomic E-state index is -0.771. The molecule has 41 heavy (non-hydrogen) atoms. The Balaban J connectivity index is 1.82. The maximum atomic E-state index is 13.4. The number of esters is 1. The van der Waals surface area contributed by atoms with Gasteiger partial charge in [0.05, 0.1) is 12.0 Å². The van der Waals surface area contributed by atoms with Crippen molar-refractivity contribution in [2.45, 2.75) is 104 Å². The predicted molar refractivity (Wildman–Crippen MR) is 158 cm³/mol. The van der Waals surface area contributed by atoms with E-state index in [9.17, 15) is 19.2 Å². The summed E-state index contributed by atoms with van der Waals surface area (Å²) in [4.78, 5) is 53.0. The molecule has 1 saturated carbocycles. The number of thiophene rings is 1. The quantitative estimate of drug-likeness (QED) is 0.332. The van der Waals surface area contributed by atoms with E-state index in [4.69, 9.17) is 20.9 Å². The molecule has 0 spiro atoms. The molecule has 1 aliphatic carbocycles. The summed E-state index contributed by atoms with van der Waals surface area (Å²) in [5, 5.41) is 0. The van der Waals surface area contributed by atoms with Crippen molar-refractivity contribution in [1.82, 2.24) is 4.90 Å². The van der Waals surface area contributed by atoms with Gasteiger partial charge in [-0.3, -0.25) is 14.5 Å². The van der Waals surface area contributed by atoms with Gasteiger partial charge < -0.3 is 20.9 Å². The van der Waals surface area contributed by atoms with Crippen LogP contribution < -0.4 is 11.5 Å². The average Bonchev–Trinajstić information content (AvgIpc) is 3.50. The number of nitrogens with two attached hydrogens (primary N) is 2. The molecule has 0 bridgehead atoms. The van der Waals surface area contributed by atoms with Gasteiger partial charge in [0.25, 0.3) is 0 Å². The van der Waals surface area contributed by atoms with E-state index >= 15 is 0 Å². The molecule has 9 nitrogen and oxygen atoms in total. The Bertz CT molecular complexity index is 1230. The number of carbonyl (C=O) groups excluding carboxylic acids is 4. The number of amides is 3. The molecule has 1 heterocycles. The molecule has 1 aromatic heterocycles. The maximum absolute atomic E-state index is 13.4. The fourth-order valence-corrected chi connectivity index (χ4v) is 6.11. The van der Waals surface area contributed by atoms with Crippen LogP contribution in [0.5, 0.6) is 0 Å². The van der Waals surface area contributed by atoms with Crippen molar-refractivity contribution in [3.63, 3.8) is 0 Å². The first-order chi connectivity index (χ1) is 19.2. The van der Waals surface area contributed by atoms with Crippen molar-refractivity contribution < 1.29 is 28.7 Å². The van der Waals surface area contributed by atoms with Crippen LogP contribution in [0.3, 0.4) is 0 Å². The highest BCUT2D eigenvalue weighted by molar-refractivity contribution is 7.12. The molecule has 4 N–H and O–H groups in total. The largest absolute Gasteiger partial charge is 0.461 e. The zero-order valence-corrected chi connectivity index (χ0v) is 25.6. The van der Waals surface area contributed by atoms with Crippen molar-refractivity contribution in [3.8, 4) is 0 Å². The summed E-state index contributed by atoms with van der Waals surface area (Å²) in [5.74, 6) is -1.35. The third kappa shape index (κ3) is 9.88. The Labute approximate surface area is 246 Å². The highest BCUT2D eigenvalue weighted by Crippen LogP contribution is 2.27. The fraction of sp³-hybridized carbons (Fsp3) is 0.548. The third-order valence-electron chi connectivity index (χ3n) is 6.77. The average molecular weight is 586 g/mol. The summed E-state index contributed by atoms with van der Waals surface area (Å²) in [6, 6.07) is 8.63. The Morgan fingerprint density at radius 1 is 1.02 bits per heavy atom. The van der Waals surface area contributed by atoms with Crippen molar-refractivity contribution in [2.75, 3.05) is 0 Å². The van der Waals surface area contributed by atoms with Crippen molar-refractivity contribution in [1.29, 1.82) is 0 Å². The number of hydrogen-bond acceptors (Lipinski definition) is 7. The standard InChI is InChI=1S/C31H43N3O6S/c1-19(2)14-25(29(37)39-22-8-6-7-9-22)34(30(38)40-31(3,4)5)18-21-12-10-20(11-13-21)15-23-16-24(28(33)36)26(41-23)17-27(32)35/h10-13,16,19,22,25H,6-9,14-15,17-18H2,1-5H3,(H2,32,35)(H2,33,36)/t25-/m0/s1. The first-order valence-electron chi connectivity index (χ1n) is 14.2. The molecule has 224 valence electrons. The van der Waals surface area contributed by atoms with Gasteiger partial charge >= 0.3 is 12.1 Å². The summed E-state index contributed by atoms with van der Waals surface area (Å²) in [5.41, 5.74) is 12.2. The summed E-state index contributed by atoms with van der Waals surface area (Å²) in [7, 11) is 0. The number of carbonyl (C=O) groups is 4. The summed E-state index contributed by atoms with van der Waals surface area (Å²) in [6.07, 6.45) is 4.06. The van der Waals surface area contributed by atoms with Gasteiger partial charge in [-0.1, -0.05) is 38.1 Å². The second-order valence-corrected chi connectivity index (χ2v) is 13.4. The van der Waals surface area contributed by atoms with Crippen molar-refractivity contribution >= 4 is 35.2 Å². The van der Waals surface area contributed by atoms with Crippen LogP contribution in [0.1, 0.15) is 98.0 Å². The van der Waals surface area contributed by atoms with Crippen LogP contribution in [0.4, 0.5) is 4.79 Å². The van der Waals surface area contributed by atoms with Crippen LogP contribution in [-0.2, 0) is 38.4 Å². The Morgan fingerprint density at radius 2 is 1.63 bits per heavy atom. The van der Waals surface area contributed by atoms with Crippen LogP contribution in [0, 0.1) is 5.92 Å². The van der Waals surface area contributed by atoms with Gasteiger partial charge in [0, 0.05) is 22.7 Å². The molecule has 1 atom stereocenters. The van der Waals surface area contributed by atoms with E-state index in [1.807, 2.05) is 38.1 Å². The molecule has 0 unspecified atom stereocenters. The van der Waals surface area contributed by atoms with Gasteiger partial charge in [-0.2, -0.15) is 0 Å². The monoisotopic (exact) mass is 585 g/mol. The number of nitrogens with zero attached hydrogens (tertiary/aromatic N) is 1. The molecule has 2 aromatic rings. The van der Waals surface area contributed by atoms with Gasteiger partial charge in [-0.15, -0.1) is 11.3 Å². The minimum Gasteiger partial charge on any atom is -0.461 e. The molecule has 3 rings (SSSR count). The van der Waals surface area contributed by atoms with Crippen LogP contribution in [0.25, 0.3) is 0 Å². The summed E-state index contributed by atoms with van der Waals surface area (Å²) < 4.78 is 11.6. The van der Waals surface area contributed by atoms with E-state index in [0.29, 0.717) is 23.3 Å². The molecular weight excluding hydrogens is 542 g/mol. The molecule has 10 heteroatoms. The lowest BCUT2D eigenvalue weighted by Crippen LogP contribution is -2.48. The highest BCUT2D eigenvalue weighted by atomic mass is 32.1. The SMILES string of the molecule is CC(C)C[C@@H](C(=O)OC1CCCC1)N(Cc1ccc(Cc2cc(C(N)=O)c(CC(N)=O)s2)cc1)C(=O)OC(C)(C)C. The van der Waals surface area contributed by atoms with Gasteiger partial charge in [0.15, 0.2) is 0 Å². The molecule has 1 fully saturated rings. The van der Waals surface area contributed by atoms with Gasteiger partial charge in [-0.25, -0.2) is 9.59 Å². The van der Waals surface area contributed by atoms with Crippen LogP contribution in [0.15, 0.2) is 30.3 Å². The normalized spacial score (nSPS) is 14.6.